The van der Waals surface area contributed by atoms with Crippen LogP contribution in [0.25, 0.3) is 0 Å². The molecule has 1 heterocycles. The molecule has 0 saturated carbocycles. The summed E-state index contributed by atoms with van der Waals surface area (Å²) < 4.78 is 55.9. The number of methoxy groups -OCH3 is 1. The number of nitrogens with zero attached hydrogens (tertiary/aromatic N) is 2. The second kappa shape index (κ2) is 7.70. The number of ether oxygens (including phenoxy) is 1. The predicted octanol–water partition coefficient (Wildman–Crippen LogP) is 2.18. The van der Waals surface area contributed by atoms with Gasteiger partial charge >= 0.3 is 5.97 Å². The summed E-state index contributed by atoms with van der Waals surface area (Å²) in [4.78, 5) is 19.1. The normalized spacial score (nSPS) is 11.2. The molecule has 0 spiro atoms. The summed E-state index contributed by atoms with van der Waals surface area (Å²) in [5.74, 6) is -4.35. The zero-order valence-corrected chi connectivity index (χ0v) is 14.4. The van der Waals surface area contributed by atoms with Crippen molar-refractivity contribution in [3.63, 3.8) is 0 Å². The van der Waals surface area contributed by atoms with Gasteiger partial charge < -0.3 is 10.1 Å². The molecule has 134 valence electrons. The molecule has 0 saturated heterocycles. The third kappa shape index (κ3) is 4.60. The van der Waals surface area contributed by atoms with E-state index in [9.17, 15) is 22.0 Å². The van der Waals surface area contributed by atoms with Gasteiger partial charge in [0.1, 0.15) is 17.5 Å². The van der Waals surface area contributed by atoms with E-state index in [2.05, 4.69) is 20.0 Å². The Hall–Kier alpha value is -2.33. The van der Waals surface area contributed by atoms with Gasteiger partial charge in [0.15, 0.2) is 21.3 Å². The highest BCUT2D eigenvalue weighted by Gasteiger charge is 2.21. The third-order valence-electron chi connectivity index (χ3n) is 3.04. The Morgan fingerprint density at radius 1 is 1.24 bits per heavy atom. The molecule has 2 aromatic rings. The minimum atomic E-state index is -3.97. The Labute approximate surface area is 146 Å². The van der Waals surface area contributed by atoms with Gasteiger partial charge in [-0.3, -0.25) is 0 Å². The van der Waals surface area contributed by atoms with Crippen LogP contribution in [0.3, 0.4) is 0 Å². The topological polar surface area (TPSA) is 98.2 Å². The van der Waals surface area contributed by atoms with Gasteiger partial charge in [-0.05, 0) is 12.1 Å². The van der Waals surface area contributed by atoms with Crippen LogP contribution < -0.4 is 5.32 Å². The maximum absolute atomic E-state index is 13.7. The van der Waals surface area contributed by atoms with E-state index >= 15 is 0 Å². The number of rotatable bonds is 6. The fraction of sp³-hybridized carbons (Fsp3) is 0.214. The number of anilines is 1. The third-order valence-corrected chi connectivity index (χ3v) is 4.76. The largest absolute Gasteiger partial charge is 0.464 e. The maximum Gasteiger partial charge on any atom is 0.360 e. The van der Waals surface area contributed by atoms with E-state index in [4.69, 9.17) is 11.6 Å². The molecule has 7 nitrogen and oxygen atoms in total. The smallest absolute Gasteiger partial charge is 0.360 e. The summed E-state index contributed by atoms with van der Waals surface area (Å²) >= 11 is 5.62. The summed E-state index contributed by atoms with van der Waals surface area (Å²) in [5.41, 5.74) is -0.689. The summed E-state index contributed by atoms with van der Waals surface area (Å²) in [5, 5.41) is 1.82. The first-order valence-corrected chi connectivity index (χ1v) is 8.91. The summed E-state index contributed by atoms with van der Waals surface area (Å²) in [7, 11) is -2.83. The lowest BCUT2D eigenvalue weighted by molar-refractivity contribution is 0.0594. The molecule has 0 aliphatic heterocycles. The molecule has 0 fully saturated rings. The molecule has 1 aromatic carbocycles. The first kappa shape index (κ1) is 19.0. The number of carbonyl (C=O) groups is 1. The van der Waals surface area contributed by atoms with Crippen molar-refractivity contribution in [3.05, 3.63) is 52.4 Å². The average Bonchev–Trinajstić information content (AvgIpc) is 2.60. The Bertz CT molecular complexity index is 909. The molecular formula is C14H12ClF2N3O4S. The first-order valence-electron chi connectivity index (χ1n) is 6.71. The van der Waals surface area contributed by atoms with Gasteiger partial charge in [-0.15, -0.1) is 0 Å². The number of hydrogen-bond donors (Lipinski definition) is 1. The highest BCUT2D eigenvalue weighted by atomic mass is 35.5. The van der Waals surface area contributed by atoms with Crippen molar-refractivity contribution < 1.29 is 26.7 Å². The standard InChI is InChI=1S/C14H12ClF2N3O4S/c1-24-14(21)12-13(19-5-4-18-12)20-7-25(22,23)6-8-9(16)2-3-10(17)11(8)15/h2-5H,6-7H2,1H3,(H,19,20). The highest BCUT2D eigenvalue weighted by molar-refractivity contribution is 7.90. The van der Waals surface area contributed by atoms with Crippen LogP contribution in [-0.2, 0) is 20.3 Å². The zero-order chi connectivity index (χ0) is 18.6. The van der Waals surface area contributed by atoms with Crippen LogP contribution in [-0.4, -0.2) is 37.3 Å². The van der Waals surface area contributed by atoms with Gasteiger partial charge in [0.25, 0.3) is 0 Å². The average molecular weight is 392 g/mol. The molecule has 0 radical (unpaired) electrons. The van der Waals surface area contributed by atoms with E-state index in [1.165, 1.54) is 12.4 Å². The van der Waals surface area contributed by atoms with Gasteiger partial charge in [0.2, 0.25) is 0 Å². The van der Waals surface area contributed by atoms with Gasteiger partial charge in [-0.2, -0.15) is 0 Å². The number of esters is 1. The molecule has 0 amide bonds. The second-order valence-corrected chi connectivity index (χ2v) is 7.22. The monoisotopic (exact) mass is 391 g/mol. The van der Waals surface area contributed by atoms with Gasteiger partial charge in [-0.1, -0.05) is 11.6 Å². The van der Waals surface area contributed by atoms with Crippen molar-refractivity contribution in [2.45, 2.75) is 5.75 Å². The van der Waals surface area contributed by atoms with E-state index in [1.807, 2.05) is 0 Å². The molecular weight excluding hydrogens is 380 g/mol. The van der Waals surface area contributed by atoms with Crippen LogP contribution in [0.15, 0.2) is 24.5 Å². The van der Waals surface area contributed by atoms with E-state index < -0.39 is 49.7 Å². The maximum atomic E-state index is 13.7. The number of halogens is 3. The van der Waals surface area contributed by atoms with Crippen LogP contribution in [0.2, 0.25) is 5.02 Å². The molecule has 25 heavy (non-hydrogen) atoms. The number of benzene rings is 1. The molecule has 11 heteroatoms. The molecule has 0 atom stereocenters. The van der Waals surface area contributed by atoms with Crippen LogP contribution in [0.4, 0.5) is 14.6 Å². The molecule has 0 aliphatic rings. The summed E-state index contributed by atoms with van der Waals surface area (Å²) in [6, 6.07) is 1.59. The summed E-state index contributed by atoms with van der Waals surface area (Å²) in [6.07, 6.45) is 2.47. The fourth-order valence-corrected chi connectivity index (χ4v) is 3.34. The number of carbonyl (C=O) groups excluding carboxylic acids is 1. The van der Waals surface area contributed by atoms with Crippen LogP contribution >= 0.6 is 11.6 Å². The van der Waals surface area contributed by atoms with Crippen molar-refractivity contribution in [2.24, 2.45) is 0 Å². The van der Waals surface area contributed by atoms with Crippen molar-refractivity contribution in [3.8, 4) is 0 Å². The molecule has 0 unspecified atom stereocenters. The molecule has 2 rings (SSSR count). The minimum Gasteiger partial charge on any atom is -0.464 e. The number of sulfone groups is 1. The first-order chi connectivity index (χ1) is 11.7. The number of nitrogens with one attached hydrogen (secondary N) is 1. The van der Waals surface area contributed by atoms with E-state index in [0.29, 0.717) is 0 Å². The van der Waals surface area contributed by atoms with Crippen molar-refractivity contribution in [2.75, 3.05) is 18.3 Å². The number of aromatic nitrogens is 2. The van der Waals surface area contributed by atoms with E-state index in [1.54, 1.807) is 0 Å². The lowest BCUT2D eigenvalue weighted by atomic mass is 10.2. The lowest BCUT2D eigenvalue weighted by Crippen LogP contribution is -2.20. The van der Waals surface area contributed by atoms with Crippen LogP contribution in [0.5, 0.6) is 0 Å². The van der Waals surface area contributed by atoms with Gasteiger partial charge in [0, 0.05) is 18.0 Å². The lowest BCUT2D eigenvalue weighted by Gasteiger charge is -2.11. The van der Waals surface area contributed by atoms with Crippen molar-refractivity contribution >= 4 is 33.2 Å². The second-order valence-electron chi connectivity index (χ2n) is 4.78. The van der Waals surface area contributed by atoms with E-state index in [0.717, 1.165) is 19.2 Å². The molecule has 1 aromatic heterocycles. The molecule has 0 bridgehead atoms. The van der Waals surface area contributed by atoms with Crippen molar-refractivity contribution in [1.82, 2.24) is 9.97 Å². The van der Waals surface area contributed by atoms with Crippen LogP contribution in [0, 0.1) is 11.6 Å². The molecule has 0 aliphatic carbocycles. The zero-order valence-electron chi connectivity index (χ0n) is 12.8. The Kier molecular flexibility index (Phi) is 5.85. The predicted molar refractivity (Wildman–Crippen MR) is 85.9 cm³/mol. The van der Waals surface area contributed by atoms with Crippen LogP contribution in [0.1, 0.15) is 16.1 Å². The van der Waals surface area contributed by atoms with Crippen molar-refractivity contribution in [1.29, 1.82) is 0 Å². The summed E-state index contributed by atoms with van der Waals surface area (Å²) in [6.45, 7) is 0. The molecule has 1 N–H and O–H groups in total. The highest BCUT2D eigenvalue weighted by Crippen LogP contribution is 2.25. The Morgan fingerprint density at radius 2 is 1.88 bits per heavy atom. The minimum absolute atomic E-state index is 0.122. The van der Waals surface area contributed by atoms with Gasteiger partial charge in [-0.25, -0.2) is 32.0 Å². The Balaban J connectivity index is 2.19. The fourth-order valence-electron chi connectivity index (χ4n) is 1.86. The van der Waals surface area contributed by atoms with E-state index in [-0.39, 0.29) is 11.5 Å². The number of hydrogen-bond acceptors (Lipinski definition) is 7. The quantitative estimate of drug-likeness (QED) is 0.595. The Morgan fingerprint density at radius 3 is 2.56 bits per heavy atom. The van der Waals surface area contributed by atoms with Gasteiger partial charge in [0.05, 0.1) is 17.9 Å². The SMILES string of the molecule is COC(=O)c1nccnc1NCS(=O)(=O)Cc1c(F)ccc(F)c1Cl.